The molecule has 2 heterocycles. The van der Waals surface area contributed by atoms with Crippen molar-refractivity contribution in [1.82, 2.24) is 15.6 Å². The molecule has 3 aromatic rings. The minimum absolute atomic E-state index is 0.0190. The number of halogens is 6. The summed E-state index contributed by atoms with van der Waals surface area (Å²) in [6, 6.07) is 8.88. The third kappa shape index (κ3) is 6.14. The topological polar surface area (TPSA) is 98.8 Å². The van der Waals surface area contributed by atoms with E-state index in [9.17, 15) is 27.2 Å². The van der Waals surface area contributed by atoms with E-state index < -0.39 is 41.9 Å². The summed E-state index contributed by atoms with van der Waals surface area (Å²) in [6.07, 6.45) is -5.86. The highest BCUT2D eigenvalue weighted by Crippen LogP contribution is 2.43. The Balaban J connectivity index is 1.60. The highest BCUT2D eigenvalue weighted by molar-refractivity contribution is 6.31. The number of nitrogens with one attached hydrogen (secondary N) is 2. The molecule has 0 aliphatic carbocycles. The fraction of sp³-hybridized carbons (Fsp3) is 0.296. The number of nitrogens with zero attached hydrogens (tertiary/aromatic N) is 1. The first-order valence-corrected chi connectivity index (χ1v) is 12.4. The van der Waals surface area contributed by atoms with Crippen LogP contribution in [0.4, 0.5) is 22.0 Å². The van der Waals surface area contributed by atoms with E-state index in [1.807, 2.05) is 5.32 Å². The molecule has 0 bridgehead atoms. The standard InChI is InChI=1S/C27H23ClF5N3O5/c1-39-19-7-8-22(36-23(19)14-3-5-17(29)16(28)11-14)26(30,27(31,32)33)13-35-24(37)15-4-6-18(21(12-15)40-2)41-20-9-10-34-25(20)38/h3-8,11-12,20H,9-10,13H2,1-2H3,(H,34,38)(H,35,37). The summed E-state index contributed by atoms with van der Waals surface area (Å²) in [5, 5.41) is 4.24. The van der Waals surface area contributed by atoms with E-state index in [4.69, 9.17) is 25.8 Å². The van der Waals surface area contributed by atoms with Gasteiger partial charge in [0.1, 0.15) is 17.3 Å². The molecule has 41 heavy (non-hydrogen) atoms. The zero-order valence-electron chi connectivity index (χ0n) is 21.6. The van der Waals surface area contributed by atoms with E-state index in [0.29, 0.717) is 13.0 Å². The number of amides is 2. The predicted octanol–water partition coefficient (Wildman–Crippen LogP) is 4.98. The van der Waals surface area contributed by atoms with Crippen molar-refractivity contribution in [1.29, 1.82) is 0 Å². The molecular weight excluding hydrogens is 577 g/mol. The smallest absolute Gasteiger partial charge is 0.430 e. The van der Waals surface area contributed by atoms with E-state index in [0.717, 1.165) is 24.3 Å². The minimum atomic E-state index is -5.50. The highest BCUT2D eigenvalue weighted by Gasteiger charge is 2.58. The van der Waals surface area contributed by atoms with Gasteiger partial charge in [0.05, 0.1) is 31.5 Å². The van der Waals surface area contributed by atoms with Crippen LogP contribution in [-0.4, -0.2) is 56.4 Å². The average molecular weight is 600 g/mol. The average Bonchev–Trinajstić information content (AvgIpc) is 3.36. The van der Waals surface area contributed by atoms with E-state index in [1.54, 1.807) is 0 Å². The Morgan fingerprint density at radius 2 is 1.76 bits per heavy atom. The lowest BCUT2D eigenvalue weighted by atomic mass is 9.98. The van der Waals surface area contributed by atoms with Gasteiger partial charge in [0.15, 0.2) is 17.6 Å². The van der Waals surface area contributed by atoms with Crippen LogP contribution in [0.15, 0.2) is 48.5 Å². The molecule has 8 nitrogen and oxygen atoms in total. The van der Waals surface area contributed by atoms with Crippen LogP contribution in [0.1, 0.15) is 22.5 Å². The molecule has 14 heteroatoms. The van der Waals surface area contributed by atoms with E-state index in [2.05, 4.69) is 10.3 Å². The first-order valence-electron chi connectivity index (χ1n) is 12.0. The number of carbonyl (C=O) groups is 2. The van der Waals surface area contributed by atoms with Crippen molar-refractivity contribution in [3.8, 4) is 28.5 Å². The zero-order valence-corrected chi connectivity index (χ0v) is 22.3. The molecule has 2 N–H and O–H groups in total. The molecule has 2 unspecified atom stereocenters. The second-order valence-electron chi connectivity index (χ2n) is 8.91. The van der Waals surface area contributed by atoms with Crippen LogP contribution in [0, 0.1) is 5.82 Å². The predicted molar refractivity (Wildman–Crippen MR) is 137 cm³/mol. The lowest BCUT2D eigenvalue weighted by molar-refractivity contribution is -0.234. The van der Waals surface area contributed by atoms with Gasteiger partial charge in [-0.25, -0.2) is 13.8 Å². The maximum Gasteiger partial charge on any atom is 0.430 e. The molecule has 1 aromatic heterocycles. The summed E-state index contributed by atoms with van der Waals surface area (Å²) >= 11 is 5.80. The molecule has 0 saturated carbocycles. The zero-order chi connectivity index (χ0) is 29.9. The molecule has 0 radical (unpaired) electrons. The Hall–Kier alpha value is -4.13. The number of hydrogen-bond donors (Lipinski definition) is 2. The van der Waals surface area contributed by atoms with Crippen LogP contribution in [0.25, 0.3) is 11.3 Å². The van der Waals surface area contributed by atoms with Crippen LogP contribution in [-0.2, 0) is 10.5 Å². The van der Waals surface area contributed by atoms with Gasteiger partial charge in [-0.3, -0.25) is 9.59 Å². The summed E-state index contributed by atoms with van der Waals surface area (Å²) < 4.78 is 87.9. The summed E-state index contributed by atoms with van der Waals surface area (Å²) in [7, 11) is 2.50. The number of pyridine rings is 1. The monoisotopic (exact) mass is 599 g/mol. The number of rotatable bonds is 9. The number of benzene rings is 2. The minimum Gasteiger partial charge on any atom is -0.494 e. The fourth-order valence-corrected chi connectivity index (χ4v) is 4.25. The molecular formula is C27H23ClF5N3O5. The van der Waals surface area contributed by atoms with Gasteiger partial charge in [0.25, 0.3) is 17.5 Å². The first kappa shape index (κ1) is 29.8. The maximum atomic E-state index is 15.8. The Morgan fingerprint density at radius 1 is 1.05 bits per heavy atom. The maximum absolute atomic E-state index is 15.8. The molecule has 1 aliphatic heterocycles. The van der Waals surface area contributed by atoms with Crippen molar-refractivity contribution in [2.24, 2.45) is 0 Å². The summed E-state index contributed by atoms with van der Waals surface area (Å²) in [5.41, 5.74) is -5.50. The number of hydrogen-bond acceptors (Lipinski definition) is 6. The summed E-state index contributed by atoms with van der Waals surface area (Å²) in [4.78, 5) is 28.4. The van der Waals surface area contributed by atoms with Gasteiger partial charge in [-0.2, -0.15) is 13.2 Å². The Morgan fingerprint density at radius 3 is 2.37 bits per heavy atom. The quantitative estimate of drug-likeness (QED) is 0.337. The molecule has 2 atom stereocenters. The molecule has 4 rings (SSSR count). The SMILES string of the molecule is COc1cc(C(=O)NCC(F)(c2ccc(OC)c(-c3ccc(F)c(Cl)c3)n2)C(F)(F)F)ccc1OC1CCNC1=O. The summed E-state index contributed by atoms with van der Waals surface area (Å²) in [5.74, 6) is -1.98. The molecule has 1 aliphatic rings. The van der Waals surface area contributed by atoms with Crippen LogP contribution in [0.3, 0.4) is 0 Å². The van der Waals surface area contributed by atoms with Crippen LogP contribution < -0.4 is 24.8 Å². The van der Waals surface area contributed by atoms with Crippen molar-refractivity contribution >= 4 is 23.4 Å². The van der Waals surface area contributed by atoms with Gasteiger partial charge < -0.3 is 24.8 Å². The third-order valence-electron chi connectivity index (χ3n) is 6.31. The lowest BCUT2D eigenvalue weighted by Gasteiger charge is -2.28. The first-order chi connectivity index (χ1) is 19.4. The Kier molecular flexibility index (Phi) is 8.57. The normalized spacial score (nSPS) is 16.5. The molecule has 2 amide bonds. The van der Waals surface area contributed by atoms with E-state index >= 15 is 4.39 Å². The van der Waals surface area contributed by atoms with Gasteiger partial charge in [-0.15, -0.1) is 0 Å². The number of carbonyl (C=O) groups excluding carboxylic acids is 2. The van der Waals surface area contributed by atoms with Gasteiger partial charge in [-0.1, -0.05) is 11.6 Å². The number of aromatic nitrogens is 1. The highest BCUT2D eigenvalue weighted by atomic mass is 35.5. The molecule has 2 aromatic carbocycles. The molecule has 1 fully saturated rings. The van der Waals surface area contributed by atoms with Crippen LogP contribution in [0.2, 0.25) is 5.02 Å². The van der Waals surface area contributed by atoms with Crippen LogP contribution >= 0.6 is 11.6 Å². The molecule has 0 spiro atoms. The second kappa shape index (κ2) is 11.8. The second-order valence-corrected chi connectivity index (χ2v) is 9.32. The van der Waals surface area contributed by atoms with E-state index in [-0.39, 0.29) is 45.0 Å². The van der Waals surface area contributed by atoms with Gasteiger partial charge in [-0.05, 0) is 48.5 Å². The lowest BCUT2D eigenvalue weighted by Crippen LogP contribution is -2.48. The Bertz CT molecular complexity index is 1470. The number of ether oxygens (including phenoxy) is 3. The van der Waals surface area contributed by atoms with Crippen molar-refractivity contribution in [2.75, 3.05) is 27.3 Å². The van der Waals surface area contributed by atoms with Crippen molar-refractivity contribution < 1.29 is 45.8 Å². The Labute approximate surface area is 235 Å². The summed E-state index contributed by atoms with van der Waals surface area (Å²) in [6.45, 7) is -1.10. The number of alkyl halides is 4. The third-order valence-corrected chi connectivity index (χ3v) is 6.60. The van der Waals surface area contributed by atoms with Crippen molar-refractivity contribution in [3.63, 3.8) is 0 Å². The number of methoxy groups -OCH3 is 2. The van der Waals surface area contributed by atoms with Crippen LogP contribution in [0.5, 0.6) is 17.2 Å². The van der Waals surface area contributed by atoms with Gasteiger partial charge in [0.2, 0.25) is 0 Å². The molecule has 1 saturated heterocycles. The van der Waals surface area contributed by atoms with E-state index in [1.165, 1.54) is 38.5 Å². The largest absolute Gasteiger partial charge is 0.494 e. The fourth-order valence-electron chi connectivity index (χ4n) is 4.07. The van der Waals surface area contributed by atoms with Gasteiger partial charge in [0, 0.05) is 24.1 Å². The van der Waals surface area contributed by atoms with Gasteiger partial charge >= 0.3 is 6.18 Å². The van der Waals surface area contributed by atoms with Crippen molar-refractivity contribution in [2.45, 2.75) is 24.4 Å². The molecule has 218 valence electrons. The van der Waals surface area contributed by atoms with Crippen molar-refractivity contribution in [3.05, 3.63) is 70.6 Å².